The summed E-state index contributed by atoms with van der Waals surface area (Å²) in [6.45, 7) is 0. The molecular weight excluding hydrogens is 806 g/mol. The molecule has 60 heavy (non-hydrogen) atoms. The van der Waals surface area contributed by atoms with Crippen LogP contribution in [0.25, 0.3) is 22.3 Å². The summed E-state index contributed by atoms with van der Waals surface area (Å²) in [6.07, 6.45) is 0. The molecule has 0 saturated heterocycles. The number of aromatic nitrogens is 2. The lowest BCUT2D eigenvalue weighted by molar-refractivity contribution is 0.389. The first-order valence-electron chi connectivity index (χ1n) is 16.7. The fourth-order valence-electron chi connectivity index (χ4n) is 8.00. The third-order valence-corrected chi connectivity index (χ3v) is 10.2. The van der Waals surface area contributed by atoms with Crippen LogP contribution >= 0.6 is 0 Å². The van der Waals surface area contributed by atoms with Crippen molar-refractivity contribution in [2.45, 2.75) is 23.7 Å². The van der Waals surface area contributed by atoms with Crippen molar-refractivity contribution >= 4 is 22.3 Å². The summed E-state index contributed by atoms with van der Waals surface area (Å²) in [4.78, 5) is 5.00. The Labute approximate surface area is 330 Å². The SMILES string of the molecule is N#CC1=C(c2ccc(F)cc2)C(C(C#N)c2c(F)c(F)nc(F)c2F)c2c(C#N)c3c(c(C#N)c21)C(C#N)=C(c1ccc(F)cc1)C3C(C#N)c1c(F)c(F)nc(F)c1F. The second-order valence-electron chi connectivity index (χ2n) is 13.0. The molecule has 8 nitrogen and oxygen atoms in total. The van der Waals surface area contributed by atoms with Crippen LogP contribution in [0.4, 0.5) is 43.9 Å². The van der Waals surface area contributed by atoms with Crippen molar-refractivity contribution in [3.63, 3.8) is 0 Å². The fourth-order valence-corrected chi connectivity index (χ4v) is 8.00. The molecule has 0 amide bonds. The Balaban J connectivity index is 1.72. The van der Waals surface area contributed by atoms with Crippen LogP contribution in [-0.4, -0.2) is 9.97 Å². The molecule has 0 radical (unpaired) electrons. The van der Waals surface area contributed by atoms with Crippen LogP contribution in [0, 0.1) is 127 Å². The molecule has 0 spiro atoms. The number of allylic oxidation sites excluding steroid dienone is 4. The number of fused-ring (bicyclic) bond motifs is 2. The van der Waals surface area contributed by atoms with Crippen LogP contribution in [-0.2, 0) is 0 Å². The van der Waals surface area contributed by atoms with E-state index in [1.807, 2.05) is 0 Å². The zero-order chi connectivity index (χ0) is 43.5. The lowest BCUT2D eigenvalue weighted by atomic mass is 9.72. The molecule has 2 aromatic heterocycles. The number of hydrogen-bond donors (Lipinski definition) is 0. The van der Waals surface area contributed by atoms with Gasteiger partial charge in [-0.3, -0.25) is 0 Å². The van der Waals surface area contributed by atoms with Gasteiger partial charge in [-0.2, -0.15) is 59.1 Å². The minimum absolute atomic E-state index is 0.209. The monoisotopic (exact) mass is 818 g/mol. The summed E-state index contributed by atoms with van der Waals surface area (Å²) in [7, 11) is 0. The van der Waals surface area contributed by atoms with Gasteiger partial charge >= 0.3 is 0 Å². The van der Waals surface area contributed by atoms with Gasteiger partial charge in [0.15, 0.2) is 23.3 Å². The normalized spacial score (nSPS) is 16.1. The van der Waals surface area contributed by atoms with E-state index in [4.69, 9.17) is 0 Å². The minimum atomic E-state index is -2.51. The predicted octanol–water partition coefficient (Wildman–Crippen LogP) is 9.29. The van der Waals surface area contributed by atoms with E-state index < -0.39 is 149 Å². The average molecular weight is 819 g/mol. The second-order valence-corrected chi connectivity index (χ2v) is 13.0. The molecular formula is C42H12F10N8. The summed E-state index contributed by atoms with van der Waals surface area (Å²) < 4.78 is 150. The van der Waals surface area contributed by atoms with E-state index >= 15 is 17.6 Å². The smallest absolute Gasteiger partial charge is 0.207 e. The Kier molecular flexibility index (Phi) is 9.90. The number of hydrogen-bond acceptors (Lipinski definition) is 8. The lowest BCUT2D eigenvalue weighted by Gasteiger charge is -2.28. The van der Waals surface area contributed by atoms with Crippen molar-refractivity contribution in [3.8, 4) is 36.4 Å². The van der Waals surface area contributed by atoms with Gasteiger partial charge in [0.1, 0.15) is 29.8 Å². The summed E-state index contributed by atoms with van der Waals surface area (Å²) in [5, 5.41) is 64.7. The molecule has 290 valence electrons. The zero-order valence-electron chi connectivity index (χ0n) is 29.3. The van der Waals surface area contributed by atoms with Crippen molar-refractivity contribution in [1.29, 1.82) is 31.6 Å². The van der Waals surface area contributed by atoms with E-state index in [2.05, 4.69) is 9.97 Å². The van der Waals surface area contributed by atoms with E-state index in [-0.39, 0.29) is 11.1 Å². The first-order valence-corrected chi connectivity index (χ1v) is 16.7. The number of rotatable bonds is 6. The highest BCUT2D eigenvalue weighted by atomic mass is 19.2. The maximum Gasteiger partial charge on any atom is 0.252 e. The molecule has 5 aromatic rings. The molecule has 4 unspecified atom stereocenters. The van der Waals surface area contributed by atoms with Crippen LogP contribution in [0.2, 0.25) is 0 Å². The Morgan fingerprint density at radius 2 is 0.750 bits per heavy atom. The molecule has 18 heteroatoms. The number of pyridine rings is 2. The maximum absolute atomic E-state index is 15.6. The highest BCUT2D eigenvalue weighted by molar-refractivity contribution is 6.13. The van der Waals surface area contributed by atoms with E-state index in [9.17, 15) is 57.9 Å². The van der Waals surface area contributed by atoms with Crippen LogP contribution < -0.4 is 0 Å². The molecule has 3 aromatic carbocycles. The molecule has 0 fully saturated rings. The lowest BCUT2D eigenvalue weighted by Crippen LogP contribution is -2.20. The van der Waals surface area contributed by atoms with Crippen molar-refractivity contribution in [1.82, 2.24) is 9.97 Å². The van der Waals surface area contributed by atoms with Crippen molar-refractivity contribution in [2.24, 2.45) is 0 Å². The number of benzene rings is 3. The third-order valence-electron chi connectivity index (χ3n) is 10.2. The van der Waals surface area contributed by atoms with Gasteiger partial charge < -0.3 is 0 Å². The van der Waals surface area contributed by atoms with Gasteiger partial charge in [-0.1, -0.05) is 24.3 Å². The molecule has 7 rings (SSSR count). The topological polar surface area (TPSA) is 169 Å². The largest absolute Gasteiger partial charge is 0.252 e. The highest BCUT2D eigenvalue weighted by Crippen LogP contribution is 2.62. The molecule has 0 N–H and O–H groups in total. The van der Waals surface area contributed by atoms with Crippen molar-refractivity contribution in [2.75, 3.05) is 0 Å². The fraction of sp³-hybridized carbons (Fsp3) is 0.0952. The Hall–Kier alpha value is -8.32. The van der Waals surface area contributed by atoms with Gasteiger partial charge in [0.25, 0.3) is 23.8 Å². The van der Waals surface area contributed by atoms with E-state index in [0.29, 0.717) is 0 Å². The zero-order valence-corrected chi connectivity index (χ0v) is 29.3. The Morgan fingerprint density at radius 3 is 1.02 bits per heavy atom. The Bertz CT molecular complexity index is 2840. The maximum atomic E-state index is 15.6. The van der Waals surface area contributed by atoms with Crippen molar-refractivity contribution < 1.29 is 43.9 Å². The summed E-state index contributed by atoms with van der Waals surface area (Å²) in [5.41, 5.74) is -10.1. The molecule has 0 bridgehead atoms. The third kappa shape index (κ3) is 5.70. The number of nitrogens with zero attached hydrogens (tertiary/aromatic N) is 8. The molecule has 2 heterocycles. The first-order chi connectivity index (χ1) is 28.7. The first kappa shape index (κ1) is 39.9. The van der Waals surface area contributed by atoms with E-state index in [1.165, 1.54) is 12.1 Å². The van der Waals surface area contributed by atoms with Gasteiger partial charge in [0, 0.05) is 23.0 Å². The Morgan fingerprint density at radius 1 is 0.433 bits per heavy atom. The van der Waals surface area contributed by atoms with Gasteiger partial charge in [0.2, 0.25) is 0 Å². The van der Waals surface area contributed by atoms with E-state index in [0.717, 1.165) is 48.5 Å². The van der Waals surface area contributed by atoms with Gasteiger partial charge in [-0.15, -0.1) is 0 Å². The van der Waals surface area contributed by atoms with Crippen LogP contribution in [0.15, 0.2) is 48.5 Å². The average Bonchev–Trinajstić information content (AvgIpc) is 3.75. The van der Waals surface area contributed by atoms with Crippen molar-refractivity contribution in [3.05, 3.63) is 163 Å². The molecule has 4 atom stereocenters. The van der Waals surface area contributed by atoms with E-state index in [1.54, 1.807) is 24.3 Å². The summed E-state index contributed by atoms with van der Waals surface area (Å²) in [6, 6.07) is 17.5. The predicted molar refractivity (Wildman–Crippen MR) is 184 cm³/mol. The van der Waals surface area contributed by atoms with Gasteiger partial charge in [-0.05, 0) is 57.7 Å². The molecule has 2 aliphatic rings. The highest BCUT2D eigenvalue weighted by Gasteiger charge is 2.51. The van der Waals surface area contributed by atoms with Crippen LogP contribution in [0.1, 0.15) is 79.3 Å². The summed E-state index contributed by atoms with van der Waals surface area (Å²) >= 11 is 0. The molecule has 0 saturated carbocycles. The number of nitriles is 6. The van der Waals surface area contributed by atoms with Crippen LogP contribution in [0.5, 0.6) is 0 Å². The van der Waals surface area contributed by atoms with Gasteiger partial charge in [-0.25, -0.2) is 26.3 Å². The quantitative estimate of drug-likeness (QED) is 0.121. The minimum Gasteiger partial charge on any atom is -0.207 e. The van der Waals surface area contributed by atoms with Gasteiger partial charge in [0.05, 0.1) is 63.4 Å². The molecule has 2 aliphatic carbocycles. The molecule has 0 aliphatic heterocycles. The second kappa shape index (κ2) is 14.9. The number of halogens is 10. The van der Waals surface area contributed by atoms with Crippen LogP contribution in [0.3, 0.4) is 0 Å². The summed E-state index contributed by atoms with van der Waals surface area (Å²) in [5.74, 6) is -28.8. The standard InChI is InChI=1S/C42H12F10N8/c43-17-5-1-15(2-6-17)25-19(9-53)27-21(11-55)28-20(10-54)26(16-3-7-18(44)8-4-16)30(24(14-58)34-37(47)41(51)60-42(52)38(34)48)32(28)22(12-56)31(27)29(25)23(13-57)33-35(45)39(49)59-40(50)36(33)46/h1-8,23-24,29-30H.